The number of nitrogens with zero attached hydrogens (tertiary/aromatic N) is 5. The minimum Gasteiger partial charge on any atom is -0.340 e. The van der Waals surface area contributed by atoms with Crippen molar-refractivity contribution in [1.29, 1.82) is 0 Å². The Kier molecular flexibility index (Phi) is 10.5. The average Bonchev–Trinajstić information content (AvgIpc) is 3.10. The summed E-state index contributed by atoms with van der Waals surface area (Å²) in [7, 11) is 0. The molecule has 3 heterocycles. The maximum absolute atomic E-state index is 12.9. The van der Waals surface area contributed by atoms with Gasteiger partial charge in [0.1, 0.15) is 5.82 Å². The Balaban J connectivity index is 0.00000182. The number of alkyl halides is 2. The van der Waals surface area contributed by atoms with Crippen LogP contribution in [0.5, 0.6) is 0 Å². The van der Waals surface area contributed by atoms with E-state index in [4.69, 9.17) is 0 Å². The molecule has 0 atom stereocenters. The van der Waals surface area contributed by atoms with Crippen LogP contribution in [-0.2, 0) is 11.3 Å². The lowest BCUT2D eigenvalue weighted by Gasteiger charge is -2.35. The second kappa shape index (κ2) is 11.8. The third kappa shape index (κ3) is 6.83. The fourth-order valence-corrected chi connectivity index (χ4v) is 3.34. The van der Waals surface area contributed by atoms with Crippen LogP contribution < -0.4 is 5.32 Å². The fraction of sp³-hybridized carbons (Fsp3) is 0.750. The van der Waals surface area contributed by atoms with Crippen molar-refractivity contribution in [3.63, 3.8) is 0 Å². The highest BCUT2D eigenvalue weighted by molar-refractivity contribution is 5.85. The van der Waals surface area contributed by atoms with Gasteiger partial charge in [0.25, 0.3) is 0 Å². The van der Waals surface area contributed by atoms with Gasteiger partial charge in [0.05, 0.1) is 6.54 Å². The first-order valence-electron chi connectivity index (χ1n) is 8.86. The number of carbonyl (C=O) groups excluding carboxylic acids is 1. The molecule has 3 rings (SSSR count). The van der Waals surface area contributed by atoms with Crippen molar-refractivity contribution in [2.45, 2.75) is 19.5 Å². The molecule has 156 valence electrons. The van der Waals surface area contributed by atoms with Crippen LogP contribution in [0.4, 0.5) is 8.78 Å². The Morgan fingerprint density at radius 3 is 2.33 bits per heavy atom. The van der Waals surface area contributed by atoms with Gasteiger partial charge in [-0.25, -0.2) is 4.98 Å². The summed E-state index contributed by atoms with van der Waals surface area (Å²) in [6.07, 6.45) is 3.28. The predicted molar refractivity (Wildman–Crippen MR) is 104 cm³/mol. The topological polar surface area (TPSA) is 56.6 Å². The summed E-state index contributed by atoms with van der Waals surface area (Å²) in [4.78, 5) is 22.6. The summed E-state index contributed by atoms with van der Waals surface area (Å²) in [5.74, 6) is 0.625. The molecule has 1 amide bonds. The molecule has 0 unspecified atom stereocenters. The minimum absolute atomic E-state index is 0. The van der Waals surface area contributed by atoms with E-state index < -0.39 is 6.55 Å². The standard InChI is InChI=1S/C16H26F2N6O.2ClH/c17-16(18)24-8-4-20-14(24)13-22-11-9-21(10-12-22)5-1-15(25)23-6-2-19-3-7-23;;/h4,8,16,19H,1-3,5-7,9-13H2;2*1H. The summed E-state index contributed by atoms with van der Waals surface area (Å²) < 4.78 is 26.6. The van der Waals surface area contributed by atoms with E-state index in [0.717, 1.165) is 63.5 Å². The smallest absolute Gasteiger partial charge is 0.319 e. The third-order valence-electron chi connectivity index (χ3n) is 4.90. The number of aromatic nitrogens is 2. The number of rotatable bonds is 6. The Morgan fingerprint density at radius 2 is 1.70 bits per heavy atom. The van der Waals surface area contributed by atoms with Crippen LogP contribution in [0.1, 0.15) is 18.8 Å². The first-order chi connectivity index (χ1) is 12.1. The molecule has 0 radical (unpaired) electrons. The molecule has 11 heteroatoms. The highest BCUT2D eigenvalue weighted by Crippen LogP contribution is 2.15. The van der Waals surface area contributed by atoms with Gasteiger partial charge in [-0.15, -0.1) is 24.8 Å². The van der Waals surface area contributed by atoms with E-state index in [1.165, 1.54) is 12.4 Å². The summed E-state index contributed by atoms with van der Waals surface area (Å²) in [6, 6.07) is 0. The highest BCUT2D eigenvalue weighted by atomic mass is 35.5. The van der Waals surface area contributed by atoms with Crippen molar-refractivity contribution < 1.29 is 13.6 Å². The van der Waals surface area contributed by atoms with Crippen LogP contribution in [-0.4, -0.2) is 89.1 Å². The maximum Gasteiger partial charge on any atom is 0.319 e. The van der Waals surface area contributed by atoms with E-state index in [1.54, 1.807) is 0 Å². The monoisotopic (exact) mass is 428 g/mol. The molecule has 0 aliphatic carbocycles. The molecule has 0 aromatic carbocycles. The van der Waals surface area contributed by atoms with Crippen molar-refractivity contribution in [3.8, 4) is 0 Å². The van der Waals surface area contributed by atoms with E-state index in [-0.39, 0.29) is 30.7 Å². The zero-order chi connectivity index (χ0) is 17.6. The van der Waals surface area contributed by atoms with Crippen LogP contribution in [0, 0.1) is 0 Å². The Labute approximate surface area is 170 Å². The first-order valence-corrected chi connectivity index (χ1v) is 8.86. The Bertz CT molecular complexity index is 563. The van der Waals surface area contributed by atoms with Gasteiger partial charge in [0.2, 0.25) is 5.91 Å². The summed E-state index contributed by atoms with van der Waals surface area (Å²) in [5, 5.41) is 3.25. The van der Waals surface area contributed by atoms with Crippen LogP contribution >= 0.6 is 24.8 Å². The highest BCUT2D eigenvalue weighted by Gasteiger charge is 2.22. The lowest BCUT2D eigenvalue weighted by molar-refractivity contribution is -0.132. The number of hydrogen-bond donors (Lipinski definition) is 1. The van der Waals surface area contributed by atoms with E-state index in [9.17, 15) is 13.6 Å². The second-order valence-corrected chi connectivity index (χ2v) is 6.53. The molecule has 0 saturated carbocycles. The summed E-state index contributed by atoms with van der Waals surface area (Å²) >= 11 is 0. The minimum atomic E-state index is -2.55. The molecule has 2 aliphatic rings. The van der Waals surface area contributed by atoms with Crippen molar-refractivity contribution in [2.24, 2.45) is 0 Å². The number of carbonyl (C=O) groups is 1. The van der Waals surface area contributed by atoms with Gasteiger partial charge in [-0.2, -0.15) is 8.78 Å². The number of halogens is 4. The molecule has 0 bridgehead atoms. The van der Waals surface area contributed by atoms with Crippen molar-refractivity contribution in [3.05, 3.63) is 18.2 Å². The fourth-order valence-electron chi connectivity index (χ4n) is 3.34. The molecule has 0 spiro atoms. The quantitative estimate of drug-likeness (QED) is 0.733. The normalized spacial score (nSPS) is 18.9. The van der Waals surface area contributed by atoms with Crippen molar-refractivity contribution >= 4 is 30.7 Å². The molecular weight excluding hydrogens is 401 g/mol. The number of hydrogen-bond acceptors (Lipinski definition) is 5. The molecule has 2 saturated heterocycles. The Hall–Kier alpha value is -1.00. The van der Waals surface area contributed by atoms with E-state index in [1.807, 2.05) is 4.90 Å². The predicted octanol–water partition coefficient (Wildman–Crippen LogP) is 1.06. The van der Waals surface area contributed by atoms with E-state index in [2.05, 4.69) is 20.1 Å². The van der Waals surface area contributed by atoms with Crippen LogP contribution in [0.2, 0.25) is 0 Å². The number of amides is 1. The molecular formula is C16H28Cl2F2N6O. The van der Waals surface area contributed by atoms with E-state index >= 15 is 0 Å². The molecule has 1 aromatic heterocycles. The second-order valence-electron chi connectivity index (χ2n) is 6.53. The lowest BCUT2D eigenvalue weighted by Crippen LogP contribution is -2.49. The zero-order valence-electron chi connectivity index (χ0n) is 15.2. The SMILES string of the molecule is Cl.Cl.O=C(CCN1CCN(Cc2nccn2C(F)F)CC1)N1CCNCC1. The number of nitrogens with one attached hydrogen (secondary N) is 1. The molecule has 2 aliphatic heterocycles. The van der Waals surface area contributed by atoms with Crippen LogP contribution in [0.15, 0.2) is 12.4 Å². The van der Waals surface area contributed by atoms with Gasteiger partial charge in [-0.3, -0.25) is 14.3 Å². The third-order valence-corrected chi connectivity index (χ3v) is 4.90. The maximum atomic E-state index is 12.9. The van der Waals surface area contributed by atoms with Gasteiger partial charge in [-0.05, 0) is 0 Å². The largest absolute Gasteiger partial charge is 0.340 e. The number of imidazole rings is 1. The Morgan fingerprint density at radius 1 is 1.07 bits per heavy atom. The van der Waals surface area contributed by atoms with Gasteiger partial charge in [-0.1, -0.05) is 0 Å². The summed E-state index contributed by atoms with van der Waals surface area (Å²) in [5.41, 5.74) is 0. The number of piperazine rings is 2. The van der Waals surface area contributed by atoms with Crippen molar-refractivity contribution in [1.82, 2.24) is 29.6 Å². The summed E-state index contributed by atoms with van der Waals surface area (Å²) in [6.45, 7) is 5.30. The first kappa shape index (κ1) is 24.0. The molecule has 27 heavy (non-hydrogen) atoms. The molecule has 1 aromatic rings. The van der Waals surface area contributed by atoms with Crippen molar-refractivity contribution in [2.75, 3.05) is 58.9 Å². The molecule has 7 nitrogen and oxygen atoms in total. The van der Waals surface area contributed by atoms with Gasteiger partial charge in [0, 0.05) is 77.7 Å². The molecule has 1 N–H and O–H groups in total. The van der Waals surface area contributed by atoms with Crippen LogP contribution in [0.3, 0.4) is 0 Å². The van der Waals surface area contributed by atoms with Gasteiger partial charge < -0.3 is 15.1 Å². The van der Waals surface area contributed by atoms with E-state index in [0.29, 0.717) is 18.8 Å². The lowest BCUT2D eigenvalue weighted by atomic mass is 10.2. The average molecular weight is 429 g/mol. The van der Waals surface area contributed by atoms with Gasteiger partial charge >= 0.3 is 6.55 Å². The zero-order valence-corrected chi connectivity index (χ0v) is 16.9. The van der Waals surface area contributed by atoms with Crippen LogP contribution in [0.25, 0.3) is 0 Å². The van der Waals surface area contributed by atoms with Gasteiger partial charge in [0.15, 0.2) is 0 Å². The molecule has 2 fully saturated rings.